The molecule has 1 N–H and O–H groups in total. The summed E-state index contributed by atoms with van der Waals surface area (Å²) in [4.78, 5) is 0. The van der Waals surface area contributed by atoms with Crippen molar-refractivity contribution in [3.63, 3.8) is 0 Å². The van der Waals surface area contributed by atoms with Gasteiger partial charge >= 0.3 is 0 Å². The Morgan fingerprint density at radius 2 is 2.10 bits per heavy atom. The highest BCUT2D eigenvalue weighted by Crippen LogP contribution is 2.11. The van der Waals surface area contributed by atoms with Crippen LogP contribution in [0.5, 0.6) is 0 Å². The smallest absolute Gasteiger partial charge is 0.123 e. The Bertz CT molecular complexity index is 259. The average Bonchev–Trinajstić information content (AvgIpc) is 2.04. The molecule has 0 unspecified atom stereocenters. The number of rotatable bonds is 0. The van der Waals surface area contributed by atoms with Crippen molar-refractivity contribution in [3.05, 3.63) is 35.4 Å². The molecule has 1 nitrogen and oxygen atoms in total. The molecule has 0 saturated heterocycles. The summed E-state index contributed by atoms with van der Waals surface area (Å²) in [7, 11) is 0. The van der Waals surface area contributed by atoms with E-state index in [4.69, 9.17) is 1.41 Å². The Labute approximate surface area is 62.5 Å². The zero-order valence-corrected chi connectivity index (χ0v) is 5.88. The molecule has 1 aromatic carbocycles. The number of nitrogens with one attached hydrogen (secondary N) is 1. The van der Waals surface area contributed by atoms with E-state index in [1.165, 1.54) is 11.1 Å². The molecule has 0 spiro atoms. The predicted molar refractivity (Wildman–Crippen MR) is 41.9 cm³/mol. The van der Waals surface area contributed by atoms with Crippen molar-refractivity contribution in [2.45, 2.75) is 13.0 Å². The first-order valence-corrected chi connectivity index (χ1v) is 3.67. The molecular formula is C9H11N. The molecule has 0 aromatic heterocycles. The monoisotopic (exact) mass is 134 g/mol. The normalized spacial score (nSPS) is 19.8. The number of hydrogen-bond donors (Lipinski definition) is 1. The summed E-state index contributed by atoms with van der Waals surface area (Å²) in [6, 6.07) is 8.37. The second kappa shape index (κ2) is 2.43. The fourth-order valence-electron chi connectivity index (χ4n) is 1.35. The number of fused-ring (bicyclic) bond motifs is 1. The van der Waals surface area contributed by atoms with E-state index >= 15 is 0 Å². The first-order chi connectivity index (χ1) is 5.36. The van der Waals surface area contributed by atoms with E-state index in [-0.39, 0.29) is 0 Å². The van der Waals surface area contributed by atoms with Crippen molar-refractivity contribution >= 4 is 0 Å². The standard InChI is InChI=1S/C9H11N/c1-2-4-9-7-10-6-5-8(9)3-1/h1-4,10H,5-7H2/i/hD. The van der Waals surface area contributed by atoms with E-state index in [0.29, 0.717) is 0 Å². The van der Waals surface area contributed by atoms with Crippen LogP contribution in [0.3, 0.4) is 0 Å². The molecule has 1 aliphatic rings. The highest BCUT2D eigenvalue weighted by atomic mass is 14.9. The quantitative estimate of drug-likeness (QED) is 0.564. The first-order valence-electron chi connectivity index (χ1n) is 4.11. The summed E-state index contributed by atoms with van der Waals surface area (Å²) in [6.45, 7) is 1.66. The van der Waals surface area contributed by atoms with Crippen molar-refractivity contribution in [2.75, 3.05) is 6.54 Å². The fourth-order valence-corrected chi connectivity index (χ4v) is 1.35. The third kappa shape index (κ3) is 0.929. The highest BCUT2D eigenvalue weighted by molar-refractivity contribution is 5.28. The molecule has 0 atom stereocenters. The van der Waals surface area contributed by atoms with Gasteiger partial charge in [0.1, 0.15) is 1.41 Å². The lowest BCUT2D eigenvalue weighted by atomic mass is 10.0. The maximum atomic E-state index is 7.44. The molecule has 10 heavy (non-hydrogen) atoms. The van der Waals surface area contributed by atoms with Crippen molar-refractivity contribution in [1.29, 1.82) is 0 Å². The Hall–Kier alpha value is -0.820. The van der Waals surface area contributed by atoms with Crippen molar-refractivity contribution in [3.8, 4) is 0 Å². The predicted octanol–water partition coefficient (Wildman–Crippen LogP) is 1.33. The van der Waals surface area contributed by atoms with Gasteiger partial charge in [0, 0.05) is 6.54 Å². The molecule has 0 aliphatic carbocycles. The maximum Gasteiger partial charge on any atom is 0.123 e. The van der Waals surface area contributed by atoms with Gasteiger partial charge in [-0.2, -0.15) is 0 Å². The molecule has 0 fully saturated rings. The van der Waals surface area contributed by atoms with Gasteiger partial charge in [-0.3, -0.25) is 0 Å². The van der Waals surface area contributed by atoms with Gasteiger partial charge in [-0.1, -0.05) is 24.3 Å². The summed E-state index contributed by atoms with van der Waals surface area (Å²) >= 11 is 0. The van der Waals surface area contributed by atoms with E-state index in [9.17, 15) is 0 Å². The van der Waals surface area contributed by atoms with Crippen molar-refractivity contribution < 1.29 is 1.41 Å². The minimum absolute atomic E-state index is 0.788. The van der Waals surface area contributed by atoms with Crippen molar-refractivity contribution in [1.82, 2.24) is 5.31 Å². The van der Waals surface area contributed by atoms with Gasteiger partial charge in [0.15, 0.2) is 0 Å². The maximum absolute atomic E-state index is 7.44. The summed E-state index contributed by atoms with van der Waals surface area (Å²) in [5.41, 5.74) is 2.73. The number of hydrogen-bond acceptors (Lipinski definition) is 1. The van der Waals surface area contributed by atoms with E-state index in [1.807, 2.05) is 6.07 Å². The van der Waals surface area contributed by atoms with Crippen molar-refractivity contribution in [2.24, 2.45) is 0 Å². The lowest BCUT2D eigenvalue weighted by Gasteiger charge is -2.15. The van der Waals surface area contributed by atoms with Crippen LogP contribution in [-0.4, -0.2) is 6.54 Å². The van der Waals surface area contributed by atoms with Gasteiger partial charge in [0.25, 0.3) is 0 Å². The Morgan fingerprint density at radius 1 is 1.30 bits per heavy atom. The van der Waals surface area contributed by atoms with E-state index in [1.54, 1.807) is 5.31 Å². The highest BCUT2D eigenvalue weighted by Gasteiger charge is 2.05. The van der Waals surface area contributed by atoms with Crippen LogP contribution in [0.1, 0.15) is 11.1 Å². The first kappa shape index (κ1) is 4.91. The fraction of sp³-hybridized carbons (Fsp3) is 0.333. The molecular weight excluding hydrogens is 122 g/mol. The minimum Gasteiger partial charge on any atom is -0.312 e. The van der Waals surface area contributed by atoms with E-state index in [2.05, 4.69) is 18.2 Å². The van der Waals surface area contributed by atoms with Crippen LogP contribution in [0.2, 0.25) is 1.41 Å². The van der Waals surface area contributed by atoms with Gasteiger partial charge < -0.3 is 5.31 Å². The van der Waals surface area contributed by atoms with Gasteiger partial charge in [-0.05, 0) is 24.1 Å². The summed E-state index contributed by atoms with van der Waals surface area (Å²) in [6.07, 6.45) is 1.03. The van der Waals surface area contributed by atoms with Gasteiger partial charge in [-0.25, -0.2) is 0 Å². The third-order valence-electron chi connectivity index (χ3n) is 1.94. The van der Waals surface area contributed by atoms with Crippen LogP contribution in [0.25, 0.3) is 0 Å². The second-order valence-electron chi connectivity index (χ2n) is 2.62. The topological polar surface area (TPSA) is 12.0 Å². The van der Waals surface area contributed by atoms with Crippen LogP contribution < -0.4 is 5.31 Å². The molecule has 52 valence electrons. The van der Waals surface area contributed by atoms with E-state index in [0.717, 1.165) is 19.5 Å². The zero-order chi connectivity index (χ0) is 7.68. The van der Waals surface area contributed by atoms with Crippen LogP contribution in [0, 0.1) is 0 Å². The number of benzene rings is 1. The molecule has 0 amide bonds. The Balaban J connectivity index is 2.34. The summed E-state index contributed by atoms with van der Waals surface area (Å²) in [5.74, 6) is 0. The summed E-state index contributed by atoms with van der Waals surface area (Å²) < 4.78 is 7.44. The SMILES string of the molecule is [2H]N1CCc2ccccc2C1. The molecule has 0 radical (unpaired) electrons. The summed E-state index contributed by atoms with van der Waals surface area (Å²) in [5, 5.41) is 1.61. The van der Waals surface area contributed by atoms with Crippen LogP contribution >= 0.6 is 0 Å². The average molecular weight is 134 g/mol. The molecule has 0 saturated carbocycles. The molecule has 1 aromatic rings. The minimum atomic E-state index is 0.788. The largest absolute Gasteiger partial charge is 0.312 e. The molecule has 1 heteroatoms. The Kier molecular flexibility index (Phi) is 1.19. The lowest BCUT2D eigenvalue weighted by molar-refractivity contribution is 0.644. The van der Waals surface area contributed by atoms with Gasteiger partial charge in [0.2, 0.25) is 0 Å². The molecule has 1 aliphatic heterocycles. The van der Waals surface area contributed by atoms with Crippen LogP contribution in [0.15, 0.2) is 24.3 Å². The Morgan fingerprint density at radius 3 is 3.00 bits per heavy atom. The second-order valence-corrected chi connectivity index (χ2v) is 2.62. The van der Waals surface area contributed by atoms with E-state index < -0.39 is 0 Å². The third-order valence-corrected chi connectivity index (χ3v) is 1.94. The zero-order valence-electron chi connectivity index (χ0n) is 6.88. The molecule has 2 rings (SSSR count). The van der Waals surface area contributed by atoms with Gasteiger partial charge in [0.05, 0.1) is 0 Å². The van der Waals surface area contributed by atoms with Crippen LogP contribution in [0.4, 0.5) is 0 Å². The molecule has 1 heterocycles. The molecule has 0 bridgehead atoms. The van der Waals surface area contributed by atoms with Gasteiger partial charge in [-0.15, -0.1) is 0 Å². The van der Waals surface area contributed by atoms with Crippen LogP contribution in [-0.2, 0) is 13.0 Å². The lowest BCUT2D eigenvalue weighted by Crippen LogP contribution is -2.23.